The molecule has 0 bridgehead atoms. The summed E-state index contributed by atoms with van der Waals surface area (Å²) in [5.41, 5.74) is 2.85. The molecule has 4 N–H and O–H groups in total. The van der Waals surface area contributed by atoms with Gasteiger partial charge in [0.2, 0.25) is 0 Å². The summed E-state index contributed by atoms with van der Waals surface area (Å²) >= 11 is 0. The van der Waals surface area contributed by atoms with Gasteiger partial charge in [-0.1, -0.05) is 96.9 Å². The maximum absolute atomic E-state index is 10.4. The Bertz CT molecular complexity index is 332. The van der Waals surface area contributed by atoms with Crippen molar-refractivity contribution in [3.8, 4) is 0 Å². The van der Waals surface area contributed by atoms with Crippen LogP contribution in [0.2, 0.25) is 33.2 Å². The van der Waals surface area contributed by atoms with E-state index in [2.05, 4.69) is 83.1 Å². The number of aliphatic hydroxyl groups is 2. The van der Waals surface area contributed by atoms with Crippen molar-refractivity contribution in [3.63, 3.8) is 0 Å². The van der Waals surface area contributed by atoms with Gasteiger partial charge in [-0.2, -0.15) is 0 Å². The van der Waals surface area contributed by atoms with Crippen LogP contribution in [0, 0.1) is 0 Å². The Hall–Kier alpha value is 0.988. The smallest absolute Gasteiger partial charge is 0.196 e. The van der Waals surface area contributed by atoms with Gasteiger partial charge in [0.05, 0.1) is 12.2 Å². The molecule has 0 aromatic heterocycles. The first-order valence-electron chi connectivity index (χ1n) is 13.0. The van der Waals surface area contributed by atoms with Crippen LogP contribution in [0.4, 0.5) is 0 Å². The second-order valence-electron chi connectivity index (χ2n) is 11.2. The molecule has 0 aromatic rings. The van der Waals surface area contributed by atoms with Crippen molar-refractivity contribution in [2.45, 2.75) is 169 Å². The van der Waals surface area contributed by atoms with Crippen molar-refractivity contribution >= 4 is 16.6 Å². The predicted molar refractivity (Wildman–Crippen MR) is 150 cm³/mol. The molecule has 0 rings (SSSR count). The summed E-state index contributed by atoms with van der Waals surface area (Å²) in [4.78, 5) is 20.8. The van der Waals surface area contributed by atoms with Gasteiger partial charge in [-0.3, -0.25) is 0 Å². The van der Waals surface area contributed by atoms with Crippen molar-refractivity contribution in [2.24, 2.45) is 0 Å². The standard InChI is InChI=1S/2C9H22OSi.2C4H10O.Ti/c2*1-7(2)11(10,8(3)4)9(5)6;2*1-3-4(2)5;/h2*7-10H,1-6H3;2*4-5H,3H2,1-2H3;. The number of hydrogen-bond donors (Lipinski definition) is 4. The molecule has 0 aromatic carbocycles. The average Bonchev–Trinajstić information content (AvgIpc) is 2.66. The molecule has 0 aliphatic heterocycles. The van der Waals surface area contributed by atoms with Gasteiger partial charge < -0.3 is 19.8 Å². The third kappa shape index (κ3) is 18.9. The third-order valence-corrected chi connectivity index (χ3v) is 17.8. The van der Waals surface area contributed by atoms with Gasteiger partial charge in [-0.05, 0) is 59.9 Å². The van der Waals surface area contributed by atoms with E-state index in [0.717, 1.165) is 12.8 Å². The van der Waals surface area contributed by atoms with Crippen LogP contribution in [-0.2, 0) is 21.7 Å². The molecule has 2 unspecified atom stereocenters. The molecule has 0 fully saturated rings. The van der Waals surface area contributed by atoms with Gasteiger partial charge >= 0.3 is 0 Å². The Labute approximate surface area is 226 Å². The molecule has 0 saturated heterocycles. The largest absolute Gasteiger partial charge is 0.431 e. The van der Waals surface area contributed by atoms with Crippen molar-refractivity contribution in [1.82, 2.24) is 0 Å². The Kier molecular flexibility index (Phi) is 29.6. The molecule has 0 aliphatic rings. The fraction of sp³-hybridized carbons (Fsp3) is 1.00. The molecule has 0 radical (unpaired) electrons. The van der Waals surface area contributed by atoms with Gasteiger partial charge in [0.25, 0.3) is 0 Å². The molecule has 0 saturated carbocycles. The molecule has 0 amide bonds. The Morgan fingerprint density at radius 3 is 0.515 bits per heavy atom. The van der Waals surface area contributed by atoms with E-state index in [9.17, 15) is 9.59 Å². The van der Waals surface area contributed by atoms with Crippen molar-refractivity contribution < 1.29 is 41.5 Å². The molecule has 0 spiro atoms. The average molecular weight is 545 g/mol. The zero-order chi connectivity index (χ0) is 27.0. The molecule has 7 heteroatoms. The molecule has 0 heterocycles. The van der Waals surface area contributed by atoms with E-state index in [1.807, 2.05) is 13.8 Å². The van der Waals surface area contributed by atoms with Crippen LogP contribution in [0.25, 0.3) is 0 Å². The summed E-state index contributed by atoms with van der Waals surface area (Å²) in [7, 11) is -3.96. The van der Waals surface area contributed by atoms with Crippen LogP contribution in [0.5, 0.6) is 0 Å². The van der Waals surface area contributed by atoms with Gasteiger partial charge in [0.15, 0.2) is 16.6 Å². The van der Waals surface area contributed by atoms with Crippen LogP contribution in [0.3, 0.4) is 0 Å². The van der Waals surface area contributed by atoms with Crippen LogP contribution in [0.1, 0.15) is 124 Å². The summed E-state index contributed by atoms with van der Waals surface area (Å²) in [5.74, 6) is 0. The molecule has 204 valence electrons. The molecule has 33 heavy (non-hydrogen) atoms. The van der Waals surface area contributed by atoms with Gasteiger partial charge in [0.1, 0.15) is 0 Å². The minimum atomic E-state index is -1.98. The van der Waals surface area contributed by atoms with E-state index in [4.69, 9.17) is 10.2 Å². The van der Waals surface area contributed by atoms with Crippen molar-refractivity contribution in [3.05, 3.63) is 0 Å². The Morgan fingerprint density at radius 1 is 0.424 bits per heavy atom. The van der Waals surface area contributed by atoms with Gasteiger partial charge in [-0.25, -0.2) is 0 Å². The Morgan fingerprint density at radius 2 is 0.515 bits per heavy atom. The van der Waals surface area contributed by atoms with Crippen molar-refractivity contribution in [2.75, 3.05) is 0 Å². The monoisotopic (exact) mass is 544 g/mol. The maximum Gasteiger partial charge on any atom is 0.196 e. The van der Waals surface area contributed by atoms with E-state index in [0.29, 0.717) is 33.2 Å². The molecular formula is C26H64O4Si2Ti. The summed E-state index contributed by atoms with van der Waals surface area (Å²) in [6, 6.07) is 0. The van der Waals surface area contributed by atoms with E-state index in [-0.39, 0.29) is 33.9 Å². The van der Waals surface area contributed by atoms with E-state index in [1.54, 1.807) is 13.8 Å². The first-order valence-corrected chi connectivity index (χ1v) is 17.4. The fourth-order valence-electron chi connectivity index (χ4n) is 4.00. The van der Waals surface area contributed by atoms with E-state index >= 15 is 0 Å². The van der Waals surface area contributed by atoms with E-state index in [1.165, 1.54) is 0 Å². The predicted octanol–water partition coefficient (Wildman–Crippen LogP) is 7.86. The first-order chi connectivity index (χ1) is 14.2. The van der Waals surface area contributed by atoms with Gasteiger partial charge in [-0.15, -0.1) is 0 Å². The minimum Gasteiger partial charge on any atom is -0.431 e. The first kappa shape index (κ1) is 44.0. The molecular weight excluding hydrogens is 480 g/mol. The Balaban J connectivity index is -0.000000112. The molecule has 0 aliphatic carbocycles. The summed E-state index contributed by atoms with van der Waals surface area (Å²) in [6.45, 7) is 33.2. The maximum atomic E-state index is 10.4. The second-order valence-corrected chi connectivity index (χ2v) is 21.7. The zero-order valence-corrected chi connectivity index (χ0v) is 28.9. The third-order valence-electron chi connectivity index (χ3n) is 6.73. The van der Waals surface area contributed by atoms with Crippen molar-refractivity contribution in [1.29, 1.82) is 0 Å². The minimum absolute atomic E-state index is 0. The summed E-state index contributed by atoms with van der Waals surface area (Å²) < 4.78 is 0. The number of aliphatic hydroxyl groups excluding tert-OH is 2. The second kappa shape index (κ2) is 22.2. The topological polar surface area (TPSA) is 80.9 Å². The van der Waals surface area contributed by atoms with Crippen LogP contribution in [-0.4, -0.2) is 48.6 Å². The van der Waals surface area contributed by atoms with Crippen LogP contribution >= 0.6 is 0 Å². The van der Waals surface area contributed by atoms with Crippen LogP contribution < -0.4 is 0 Å². The van der Waals surface area contributed by atoms with E-state index < -0.39 is 16.6 Å². The summed E-state index contributed by atoms with van der Waals surface area (Å²) in [6.07, 6.45) is 1.49. The quantitative estimate of drug-likeness (QED) is 0.235. The van der Waals surface area contributed by atoms with Gasteiger partial charge in [0, 0.05) is 21.7 Å². The molecule has 2 atom stereocenters. The SMILES string of the molecule is CC(C)[Si](O)(C(C)C)C(C)C.CC(C)[Si](O)(C(C)C)C(C)C.CCC(C)O.CCC(C)O.[Ti]. The molecule has 4 nitrogen and oxygen atoms in total. The fourth-order valence-corrected chi connectivity index (χ4v) is 12.0. The number of rotatable bonds is 8. The van der Waals surface area contributed by atoms with Crippen LogP contribution in [0.15, 0.2) is 0 Å². The normalized spacial score (nSPS) is 13.6. The zero-order valence-electron chi connectivity index (χ0n) is 25.3. The summed E-state index contributed by atoms with van der Waals surface area (Å²) in [5, 5.41) is 16.7. The number of hydrogen-bond acceptors (Lipinski definition) is 4.